The van der Waals surface area contributed by atoms with Gasteiger partial charge >= 0.3 is 0 Å². The largest absolute Gasteiger partial charge is 0.438 e. The summed E-state index contributed by atoms with van der Waals surface area (Å²) in [4.78, 5) is 4.10. The molecule has 0 fully saturated rings. The normalized spacial score (nSPS) is 11.6. The summed E-state index contributed by atoms with van der Waals surface area (Å²) < 4.78 is 5.37. The number of hydrogen-bond donors (Lipinski definition) is 0. The van der Waals surface area contributed by atoms with Crippen LogP contribution in [0.1, 0.15) is 0 Å². The number of fused-ring (bicyclic) bond motifs is 1. The highest BCUT2D eigenvalue weighted by molar-refractivity contribution is 5.97. The predicted molar refractivity (Wildman–Crippen MR) is 42.7 cm³/mol. The molecule has 0 atom stereocenters. The van der Waals surface area contributed by atoms with E-state index in [2.05, 4.69) is 4.98 Å². The van der Waals surface area contributed by atoms with E-state index in [1.807, 2.05) is 30.5 Å². The monoisotopic (exact) mass is 143 g/mol. The summed E-state index contributed by atoms with van der Waals surface area (Å²) >= 11 is 0. The average Bonchev–Trinajstić information content (AvgIpc) is 2.42. The molecule has 1 aromatic carbocycles. The van der Waals surface area contributed by atoms with Crippen molar-refractivity contribution < 1.29 is 4.42 Å². The minimum Gasteiger partial charge on any atom is -0.438 e. The molecule has 2 nitrogen and oxygen atoms in total. The standard InChI is InChI=1S/C9H5NO/c1-2-6-5-10-9-4-7(6)8(3-1)11-9/h1-5H. The summed E-state index contributed by atoms with van der Waals surface area (Å²) in [7, 11) is 0. The van der Waals surface area contributed by atoms with Crippen molar-refractivity contribution in [1.29, 1.82) is 0 Å². The molecule has 0 saturated heterocycles. The summed E-state index contributed by atoms with van der Waals surface area (Å²) in [5.74, 6) is 0. The van der Waals surface area contributed by atoms with Crippen molar-refractivity contribution in [3.05, 3.63) is 30.5 Å². The van der Waals surface area contributed by atoms with E-state index in [1.54, 1.807) is 0 Å². The van der Waals surface area contributed by atoms with Gasteiger partial charge in [0.05, 0.1) is 0 Å². The molecule has 2 heterocycles. The molecule has 52 valence electrons. The van der Waals surface area contributed by atoms with E-state index in [0.717, 1.165) is 16.4 Å². The number of aromatic nitrogens is 1. The van der Waals surface area contributed by atoms with Crippen LogP contribution in [0.5, 0.6) is 0 Å². The zero-order chi connectivity index (χ0) is 7.26. The molecule has 0 spiro atoms. The van der Waals surface area contributed by atoms with E-state index in [9.17, 15) is 0 Å². The lowest BCUT2D eigenvalue weighted by Gasteiger charge is -1.87. The molecule has 0 aliphatic heterocycles. The summed E-state index contributed by atoms with van der Waals surface area (Å²) in [6, 6.07) is 7.92. The fraction of sp³-hybridized carbons (Fsp3) is 0. The van der Waals surface area contributed by atoms with E-state index in [1.165, 1.54) is 0 Å². The van der Waals surface area contributed by atoms with Crippen LogP contribution in [0.15, 0.2) is 34.9 Å². The number of hydrogen-bond acceptors (Lipinski definition) is 2. The molecule has 2 heteroatoms. The Kier molecular flexibility index (Phi) is 0.714. The van der Waals surface area contributed by atoms with Crippen molar-refractivity contribution in [3.8, 4) is 0 Å². The average molecular weight is 143 g/mol. The van der Waals surface area contributed by atoms with Gasteiger partial charge in [0.25, 0.3) is 0 Å². The first-order valence-electron chi connectivity index (χ1n) is 3.50. The van der Waals surface area contributed by atoms with Crippen molar-refractivity contribution in [3.63, 3.8) is 0 Å². The highest BCUT2D eigenvalue weighted by Crippen LogP contribution is 2.24. The van der Waals surface area contributed by atoms with Gasteiger partial charge in [-0.1, -0.05) is 12.1 Å². The first kappa shape index (κ1) is 5.13. The molecular weight excluding hydrogens is 138 g/mol. The van der Waals surface area contributed by atoms with E-state index < -0.39 is 0 Å². The van der Waals surface area contributed by atoms with Crippen LogP contribution < -0.4 is 0 Å². The number of pyridine rings is 1. The van der Waals surface area contributed by atoms with E-state index in [4.69, 9.17) is 4.42 Å². The van der Waals surface area contributed by atoms with E-state index in [0.29, 0.717) is 5.71 Å². The summed E-state index contributed by atoms with van der Waals surface area (Å²) in [6.07, 6.45) is 1.83. The zero-order valence-electron chi connectivity index (χ0n) is 5.74. The quantitative estimate of drug-likeness (QED) is 0.483. The second-order valence-corrected chi connectivity index (χ2v) is 2.60. The topological polar surface area (TPSA) is 26.0 Å². The Bertz CT molecular complexity index is 476. The van der Waals surface area contributed by atoms with Crippen LogP contribution in [-0.4, -0.2) is 4.98 Å². The fourth-order valence-electron chi connectivity index (χ4n) is 1.38. The van der Waals surface area contributed by atoms with Gasteiger partial charge < -0.3 is 4.42 Å². The second kappa shape index (κ2) is 1.53. The molecule has 0 aliphatic rings. The lowest BCUT2D eigenvalue weighted by Crippen LogP contribution is -1.69. The van der Waals surface area contributed by atoms with Crippen LogP contribution in [0.3, 0.4) is 0 Å². The molecular formula is C9H5NO. The van der Waals surface area contributed by atoms with E-state index in [-0.39, 0.29) is 0 Å². The Hall–Kier alpha value is -1.57. The maximum absolute atomic E-state index is 5.37. The van der Waals surface area contributed by atoms with Gasteiger partial charge in [0.2, 0.25) is 5.71 Å². The van der Waals surface area contributed by atoms with Crippen LogP contribution in [0.25, 0.3) is 22.1 Å². The van der Waals surface area contributed by atoms with Crippen molar-refractivity contribution in [1.82, 2.24) is 4.98 Å². The Balaban J connectivity index is 2.82. The summed E-state index contributed by atoms with van der Waals surface area (Å²) in [6.45, 7) is 0. The minimum absolute atomic E-state index is 0.707. The smallest absolute Gasteiger partial charge is 0.219 e. The van der Waals surface area contributed by atoms with Gasteiger partial charge in [0.1, 0.15) is 5.58 Å². The minimum atomic E-state index is 0.707. The van der Waals surface area contributed by atoms with Gasteiger partial charge in [-0.05, 0) is 6.07 Å². The summed E-state index contributed by atoms with van der Waals surface area (Å²) in [5.41, 5.74) is 1.63. The van der Waals surface area contributed by atoms with Gasteiger partial charge in [0.15, 0.2) is 0 Å². The molecule has 3 rings (SSSR count). The van der Waals surface area contributed by atoms with Gasteiger partial charge in [0, 0.05) is 23.0 Å². The van der Waals surface area contributed by atoms with Crippen molar-refractivity contribution >= 4 is 22.1 Å². The van der Waals surface area contributed by atoms with Crippen molar-refractivity contribution in [2.24, 2.45) is 0 Å². The zero-order valence-corrected chi connectivity index (χ0v) is 5.74. The third-order valence-corrected chi connectivity index (χ3v) is 1.91. The second-order valence-electron chi connectivity index (χ2n) is 2.60. The highest BCUT2D eigenvalue weighted by Gasteiger charge is 2.03. The molecule has 0 unspecified atom stereocenters. The Morgan fingerprint density at radius 1 is 1.27 bits per heavy atom. The third kappa shape index (κ3) is 0.539. The maximum Gasteiger partial charge on any atom is 0.219 e. The molecule has 0 N–H and O–H groups in total. The molecule has 0 radical (unpaired) electrons. The van der Waals surface area contributed by atoms with Gasteiger partial charge in [-0.25, -0.2) is 4.98 Å². The first-order chi connectivity index (χ1) is 5.43. The van der Waals surface area contributed by atoms with Crippen LogP contribution in [0.2, 0.25) is 0 Å². The number of benzene rings is 1. The summed E-state index contributed by atoms with van der Waals surface area (Å²) in [5, 5.41) is 2.31. The third-order valence-electron chi connectivity index (χ3n) is 1.91. The van der Waals surface area contributed by atoms with Crippen molar-refractivity contribution in [2.75, 3.05) is 0 Å². The highest BCUT2D eigenvalue weighted by atomic mass is 16.3. The number of nitrogens with zero attached hydrogens (tertiary/aromatic N) is 1. The van der Waals surface area contributed by atoms with Crippen LogP contribution in [0, 0.1) is 0 Å². The number of rotatable bonds is 0. The van der Waals surface area contributed by atoms with E-state index >= 15 is 0 Å². The Labute approximate surface area is 62.8 Å². The predicted octanol–water partition coefficient (Wildman–Crippen LogP) is 2.42. The van der Waals surface area contributed by atoms with Gasteiger partial charge in [-0.3, -0.25) is 0 Å². The lowest BCUT2D eigenvalue weighted by molar-refractivity contribution is 0.653. The number of furan rings is 1. The Morgan fingerprint density at radius 2 is 2.27 bits per heavy atom. The molecule has 0 aliphatic carbocycles. The van der Waals surface area contributed by atoms with Crippen LogP contribution in [0.4, 0.5) is 0 Å². The van der Waals surface area contributed by atoms with Gasteiger partial charge in [-0.15, -0.1) is 0 Å². The maximum atomic E-state index is 5.37. The molecule has 2 bridgehead atoms. The molecule has 0 saturated carbocycles. The molecule has 0 amide bonds. The lowest BCUT2D eigenvalue weighted by atomic mass is 10.2. The Morgan fingerprint density at radius 3 is 3.27 bits per heavy atom. The first-order valence-corrected chi connectivity index (χ1v) is 3.50. The molecule has 3 aromatic rings. The van der Waals surface area contributed by atoms with Crippen LogP contribution >= 0.6 is 0 Å². The molecule has 11 heavy (non-hydrogen) atoms. The van der Waals surface area contributed by atoms with Crippen LogP contribution in [-0.2, 0) is 0 Å². The van der Waals surface area contributed by atoms with Gasteiger partial charge in [-0.2, -0.15) is 0 Å². The SMILES string of the molecule is c1cc2cnc3cc2c(c1)o3. The molecule has 2 aromatic heterocycles. The van der Waals surface area contributed by atoms with Crippen molar-refractivity contribution in [2.45, 2.75) is 0 Å². The fourth-order valence-corrected chi connectivity index (χ4v) is 1.38.